The Labute approximate surface area is 381 Å². The number of rotatable bonds is 7. The Bertz CT molecular complexity index is 3340. The summed E-state index contributed by atoms with van der Waals surface area (Å²) < 4.78 is 0. The molecule has 0 unspecified atom stereocenters. The minimum atomic E-state index is -0.498. The van der Waals surface area contributed by atoms with Gasteiger partial charge in [0.2, 0.25) is 0 Å². The number of anilines is 3. The number of nitrogens with zero attached hydrogens (tertiary/aromatic N) is 1. The van der Waals surface area contributed by atoms with Crippen LogP contribution >= 0.6 is 0 Å². The van der Waals surface area contributed by atoms with Crippen LogP contribution in [-0.4, -0.2) is 0 Å². The van der Waals surface area contributed by atoms with Crippen molar-refractivity contribution in [2.75, 3.05) is 4.90 Å². The first-order valence-electron chi connectivity index (χ1n) is 22.9. The summed E-state index contributed by atoms with van der Waals surface area (Å²) in [6, 6.07) is 92.7. The summed E-state index contributed by atoms with van der Waals surface area (Å²) in [6.07, 6.45) is 2.07. The van der Waals surface area contributed by atoms with Gasteiger partial charge in [-0.1, -0.05) is 206 Å². The van der Waals surface area contributed by atoms with Crippen molar-refractivity contribution < 1.29 is 0 Å². The normalized spacial score (nSPS) is 14.3. The maximum Gasteiger partial charge on any atom is 0.0714 e. The van der Waals surface area contributed by atoms with Crippen molar-refractivity contribution >= 4 is 17.1 Å². The third-order valence-corrected chi connectivity index (χ3v) is 14.8. The molecule has 0 fully saturated rings. The van der Waals surface area contributed by atoms with E-state index in [9.17, 15) is 0 Å². The highest BCUT2D eigenvalue weighted by Crippen LogP contribution is 2.58. The fraction of sp³-hybridized carbons (Fsp3) is 0.0625. The van der Waals surface area contributed by atoms with Crippen LogP contribution in [0.4, 0.5) is 17.1 Å². The zero-order valence-corrected chi connectivity index (χ0v) is 36.0. The van der Waals surface area contributed by atoms with Gasteiger partial charge in [-0.05, 0) is 144 Å². The van der Waals surface area contributed by atoms with E-state index in [1.165, 1.54) is 89.0 Å². The van der Waals surface area contributed by atoms with E-state index in [1.54, 1.807) is 0 Å². The van der Waals surface area contributed by atoms with Gasteiger partial charge in [-0.2, -0.15) is 0 Å². The van der Waals surface area contributed by atoms with Crippen LogP contribution in [0, 0.1) is 0 Å². The average Bonchev–Trinajstić information content (AvgIpc) is 4.01. The van der Waals surface area contributed by atoms with Crippen molar-refractivity contribution in [3.8, 4) is 44.5 Å². The van der Waals surface area contributed by atoms with Gasteiger partial charge in [-0.3, -0.25) is 0 Å². The largest absolute Gasteiger partial charge is 0.310 e. The van der Waals surface area contributed by atoms with E-state index in [-0.39, 0.29) is 5.41 Å². The molecule has 3 aliphatic rings. The molecule has 10 aromatic carbocycles. The van der Waals surface area contributed by atoms with Crippen LogP contribution in [0.2, 0.25) is 0 Å². The average molecular weight is 828 g/mol. The third kappa shape index (κ3) is 5.72. The molecule has 65 heavy (non-hydrogen) atoms. The molecule has 0 aliphatic heterocycles. The first-order valence-corrected chi connectivity index (χ1v) is 22.9. The summed E-state index contributed by atoms with van der Waals surface area (Å²) in [4.78, 5) is 2.44. The number of hydrogen-bond donors (Lipinski definition) is 0. The molecule has 1 heteroatoms. The molecule has 0 heterocycles. The lowest BCUT2D eigenvalue weighted by molar-refractivity contribution is 0.564. The molecule has 0 saturated carbocycles. The maximum atomic E-state index is 2.50. The van der Waals surface area contributed by atoms with E-state index < -0.39 is 5.41 Å². The Hall–Kier alpha value is -8.00. The minimum absolute atomic E-state index is 0.0454. The van der Waals surface area contributed by atoms with Crippen molar-refractivity contribution in [1.29, 1.82) is 0 Å². The summed E-state index contributed by atoms with van der Waals surface area (Å²) in [6.45, 7) is 0. The highest BCUT2D eigenvalue weighted by Gasteiger charge is 2.48. The maximum absolute atomic E-state index is 2.50. The van der Waals surface area contributed by atoms with Crippen molar-refractivity contribution in [3.05, 3.63) is 293 Å². The SMILES string of the molecule is c1ccc(-c2ccc(N(c3ccc(-c4ccc5c(c4)C4(Cc6ccccc6C4)c4ccccc4-5)cc3)c3ccc4c(c3)C(c3ccccc3)(c3ccccc3)c3ccccc3-4)cc2)cc1. The standard InChI is InChI=1S/C64H45N/c1-4-16-44(17-5-1)45-28-33-52(34-29-45)65(54-37-39-58-56-25-13-15-27-60(56)64(62(58)41-54,50-20-6-2-7-21-50)51-22-8-3-9-23-51)53-35-30-46(31-36-53)47-32-38-57-55-24-12-14-26-59(55)63(61(57)40-47)42-48-18-10-11-19-49(48)43-63/h1-41H,42-43H2. The molecular formula is C64H45N. The van der Waals surface area contributed by atoms with Gasteiger partial charge < -0.3 is 4.90 Å². The quantitative estimate of drug-likeness (QED) is 0.155. The van der Waals surface area contributed by atoms with Crippen molar-refractivity contribution in [2.24, 2.45) is 0 Å². The molecule has 13 rings (SSSR count). The molecule has 0 bridgehead atoms. The van der Waals surface area contributed by atoms with Gasteiger partial charge in [0.1, 0.15) is 0 Å². The topological polar surface area (TPSA) is 3.24 Å². The zero-order valence-electron chi connectivity index (χ0n) is 36.0. The highest BCUT2D eigenvalue weighted by molar-refractivity contribution is 5.90. The van der Waals surface area contributed by atoms with Gasteiger partial charge in [0.15, 0.2) is 0 Å². The molecule has 1 spiro atoms. The molecule has 10 aromatic rings. The van der Waals surface area contributed by atoms with Crippen LogP contribution < -0.4 is 4.90 Å². The predicted octanol–water partition coefficient (Wildman–Crippen LogP) is 15.9. The van der Waals surface area contributed by atoms with E-state index in [1.807, 2.05) is 0 Å². The van der Waals surface area contributed by atoms with Gasteiger partial charge in [0.05, 0.1) is 5.41 Å². The Kier molecular flexibility index (Phi) is 8.55. The second-order valence-electron chi connectivity index (χ2n) is 18.1. The van der Waals surface area contributed by atoms with E-state index in [0.29, 0.717) is 0 Å². The number of fused-ring (bicyclic) bond motifs is 9. The molecule has 0 aromatic heterocycles. The zero-order chi connectivity index (χ0) is 43.0. The fourth-order valence-electron chi connectivity index (χ4n) is 11.9. The van der Waals surface area contributed by atoms with E-state index in [4.69, 9.17) is 0 Å². The Morgan fingerprint density at radius 3 is 1.31 bits per heavy atom. The lowest BCUT2D eigenvalue weighted by Crippen LogP contribution is -2.28. The second-order valence-corrected chi connectivity index (χ2v) is 18.1. The smallest absolute Gasteiger partial charge is 0.0714 e. The van der Waals surface area contributed by atoms with Crippen LogP contribution in [0.25, 0.3) is 44.5 Å². The third-order valence-electron chi connectivity index (χ3n) is 14.8. The summed E-state index contributed by atoms with van der Waals surface area (Å²) in [5, 5.41) is 0. The Morgan fingerprint density at radius 2 is 0.692 bits per heavy atom. The molecule has 0 amide bonds. The predicted molar refractivity (Wildman–Crippen MR) is 269 cm³/mol. The monoisotopic (exact) mass is 827 g/mol. The van der Waals surface area contributed by atoms with Crippen LogP contribution in [0.5, 0.6) is 0 Å². The van der Waals surface area contributed by atoms with E-state index in [2.05, 4.69) is 254 Å². The molecule has 1 nitrogen and oxygen atoms in total. The summed E-state index contributed by atoms with van der Waals surface area (Å²) in [5.41, 5.74) is 24.0. The van der Waals surface area contributed by atoms with Gasteiger partial charge in [0, 0.05) is 22.5 Å². The molecule has 0 radical (unpaired) electrons. The molecule has 0 saturated heterocycles. The molecule has 306 valence electrons. The molecule has 3 aliphatic carbocycles. The fourth-order valence-corrected chi connectivity index (χ4v) is 11.9. The van der Waals surface area contributed by atoms with Crippen molar-refractivity contribution in [1.82, 2.24) is 0 Å². The Morgan fingerprint density at radius 1 is 0.277 bits per heavy atom. The van der Waals surface area contributed by atoms with Gasteiger partial charge in [-0.15, -0.1) is 0 Å². The van der Waals surface area contributed by atoms with Crippen LogP contribution in [-0.2, 0) is 23.7 Å². The van der Waals surface area contributed by atoms with E-state index in [0.717, 1.165) is 29.9 Å². The number of benzene rings is 10. The minimum Gasteiger partial charge on any atom is -0.310 e. The molecule has 0 atom stereocenters. The van der Waals surface area contributed by atoms with Gasteiger partial charge in [-0.25, -0.2) is 0 Å². The molecule has 0 N–H and O–H groups in total. The van der Waals surface area contributed by atoms with Gasteiger partial charge in [0.25, 0.3) is 0 Å². The first kappa shape index (κ1) is 37.5. The molecular weight excluding hydrogens is 783 g/mol. The summed E-state index contributed by atoms with van der Waals surface area (Å²) in [5.74, 6) is 0. The van der Waals surface area contributed by atoms with Crippen LogP contribution in [0.3, 0.4) is 0 Å². The summed E-state index contributed by atoms with van der Waals surface area (Å²) >= 11 is 0. The van der Waals surface area contributed by atoms with E-state index >= 15 is 0 Å². The lowest BCUT2D eigenvalue weighted by Gasteiger charge is -2.35. The lowest BCUT2D eigenvalue weighted by atomic mass is 9.67. The van der Waals surface area contributed by atoms with Crippen molar-refractivity contribution in [3.63, 3.8) is 0 Å². The van der Waals surface area contributed by atoms with Crippen LogP contribution in [0.1, 0.15) is 44.5 Å². The second kappa shape index (κ2) is 14.8. The summed E-state index contributed by atoms with van der Waals surface area (Å²) in [7, 11) is 0. The number of hydrogen-bond acceptors (Lipinski definition) is 1. The van der Waals surface area contributed by atoms with Gasteiger partial charge >= 0.3 is 0 Å². The highest BCUT2D eigenvalue weighted by atomic mass is 15.1. The Balaban J connectivity index is 0.952. The first-order chi connectivity index (χ1) is 32.2. The van der Waals surface area contributed by atoms with Crippen molar-refractivity contribution in [2.45, 2.75) is 23.7 Å². The van der Waals surface area contributed by atoms with Crippen LogP contribution in [0.15, 0.2) is 249 Å².